The molecular weight excluding hydrogens is 406 g/mol. The molecule has 1 aromatic heterocycles. The van der Waals surface area contributed by atoms with E-state index in [0.29, 0.717) is 10.8 Å². The van der Waals surface area contributed by atoms with Gasteiger partial charge < -0.3 is 15.7 Å². The Bertz CT molecular complexity index is 1090. The van der Waals surface area contributed by atoms with Crippen molar-refractivity contribution >= 4 is 23.3 Å². The molecule has 2 aromatic carbocycles. The third kappa shape index (κ3) is 5.27. The first-order valence-corrected chi connectivity index (χ1v) is 10.9. The van der Waals surface area contributed by atoms with E-state index in [1.807, 2.05) is 30.3 Å². The summed E-state index contributed by atoms with van der Waals surface area (Å²) in [6.45, 7) is 0.779. The number of hydrogen-bond acceptors (Lipinski definition) is 3. The first-order chi connectivity index (χ1) is 15.1. The zero-order valence-electron chi connectivity index (χ0n) is 17.2. The molecule has 0 spiro atoms. The van der Waals surface area contributed by atoms with Gasteiger partial charge in [-0.3, -0.25) is 0 Å². The number of pyridine rings is 1. The van der Waals surface area contributed by atoms with E-state index in [4.69, 9.17) is 12.2 Å². The number of hydrogen-bond donors (Lipinski definition) is 3. The number of aromatic nitrogens is 1. The summed E-state index contributed by atoms with van der Waals surface area (Å²) in [6, 6.07) is 21.8. The fourth-order valence-electron chi connectivity index (χ4n) is 4.00. The van der Waals surface area contributed by atoms with Crippen molar-refractivity contribution in [2.75, 3.05) is 6.54 Å². The summed E-state index contributed by atoms with van der Waals surface area (Å²) in [7, 11) is 0. The molecule has 1 heterocycles. The van der Waals surface area contributed by atoms with Gasteiger partial charge in [0.25, 0.3) is 0 Å². The predicted molar refractivity (Wildman–Crippen MR) is 126 cm³/mol. The average Bonchev–Trinajstić information content (AvgIpc) is 2.80. The summed E-state index contributed by atoms with van der Waals surface area (Å²) < 4.78 is 0. The molecule has 0 amide bonds. The van der Waals surface area contributed by atoms with Gasteiger partial charge in [-0.1, -0.05) is 48.5 Å². The van der Waals surface area contributed by atoms with Crippen LogP contribution in [0.3, 0.4) is 0 Å². The summed E-state index contributed by atoms with van der Waals surface area (Å²) >= 11 is 5.55. The average molecular weight is 432 g/mol. The summed E-state index contributed by atoms with van der Waals surface area (Å²) in [4.78, 5) is 15.6. The van der Waals surface area contributed by atoms with Gasteiger partial charge in [0, 0.05) is 12.1 Å². The van der Waals surface area contributed by atoms with Crippen LogP contribution in [-0.4, -0.2) is 27.7 Å². The molecule has 1 unspecified atom stereocenters. The van der Waals surface area contributed by atoms with E-state index < -0.39 is 5.97 Å². The first kappa shape index (κ1) is 21.0. The van der Waals surface area contributed by atoms with Gasteiger partial charge in [-0.2, -0.15) is 0 Å². The van der Waals surface area contributed by atoms with Gasteiger partial charge in [0.2, 0.25) is 0 Å². The van der Waals surface area contributed by atoms with Gasteiger partial charge in [-0.25, -0.2) is 9.78 Å². The van der Waals surface area contributed by atoms with Crippen LogP contribution < -0.4 is 10.6 Å². The van der Waals surface area contributed by atoms with E-state index in [-0.39, 0.29) is 11.7 Å². The van der Waals surface area contributed by atoms with Gasteiger partial charge in [0.05, 0.1) is 11.7 Å². The number of nitrogens with one attached hydrogen (secondary N) is 2. The summed E-state index contributed by atoms with van der Waals surface area (Å²) in [5.74, 6) is -1.02. The number of aryl methyl sites for hydroxylation is 1. The number of fused-ring (bicyclic) bond motifs is 1. The van der Waals surface area contributed by atoms with Crippen molar-refractivity contribution in [3.8, 4) is 11.3 Å². The van der Waals surface area contributed by atoms with E-state index in [0.717, 1.165) is 37.8 Å². The second kappa shape index (κ2) is 9.71. The summed E-state index contributed by atoms with van der Waals surface area (Å²) in [5.41, 5.74) is 5.41. The first-order valence-electron chi connectivity index (χ1n) is 10.5. The monoisotopic (exact) mass is 431 g/mol. The van der Waals surface area contributed by atoms with Crippen LogP contribution in [0.1, 0.15) is 46.1 Å². The van der Waals surface area contributed by atoms with Crippen LogP contribution in [0.4, 0.5) is 0 Å². The van der Waals surface area contributed by atoms with Crippen LogP contribution >= 0.6 is 12.2 Å². The van der Waals surface area contributed by atoms with Gasteiger partial charge >= 0.3 is 5.97 Å². The highest BCUT2D eigenvalue weighted by atomic mass is 32.1. The van der Waals surface area contributed by atoms with E-state index in [1.54, 1.807) is 6.07 Å². The second-order valence-electron chi connectivity index (χ2n) is 7.71. The van der Waals surface area contributed by atoms with Crippen molar-refractivity contribution < 1.29 is 9.90 Å². The number of benzene rings is 2. The molecule has 3 aromatic rings. The summed E-state index contributed by atoms with van der Waals surface area (Å²) in [6.07, 6.45) is 4.05. The van der Waals surface area contributed by atoms with Crippen LogP contribution in [0, 0.1) is 0 Å². The Kier molecular flexibility index (Phi) is 6.57. The highest BCUT2D eigenvalue weighted by Gasteiger charge is 2.22. The molecule has 4 rings (SSSR count). The molecule has 0 saturated heterocycles. The molecule has 1 aliphatic rings. The topological polar surface area (TPSA) is 74.2 Å². The van der Waals surface area contributed by atoms with E-state index >= 15 is 0 Å². The second-order valence-corrected chi connectivity index (χ2v) is 8.12. The van der Waals surface area contributed by atoms with Gasteiger partial charge in [0.15, 0.2) is 5.11 Å². The van der Waals surface area contributed by atoms with Gasteiger partial charge in [-0.05, 0) is 72.8 Å². The lowest BCUT2D eigenvalue weighted by atomic mass is 9.86. The Morgan fingerprint density at radius 1 is 1.10 bits per heavy atom. The fraction of sp³-hybridized carbons (Fsp3) is 0.240. The maximum atomic E-state index is 11.3. The van der Waals surface area contributed by atoms with Crippen molar-refractivity contribution in [1.29, 1.82) is 0 Å². The van der Waals surface area contributed by atoms with Crippen molar-refractivity contribution in [2.24, 2.45) is 0 Å². The normalized spacial score (nSPS) is 15.0. The Morgan fingerprint density at radius 2 is 1.94 bits per heavy atom. The lowest BCUT2D eigenvalue weighted by Crippen LogP contribution is -2.39. The fourth-order valence-corrected chi connectivity index (χ4v) is 4.24. The molecule has 0 saturated carbocycles. The molecule has 31 heavy (non-hydrogen) atoms. The van der Waals surface area contributed by atoms with Crippen molar-refractivity contribution in [1.82, 2.24) is 15.6 Å². The Balaban J connectivity index is 1.45. The lowest BCUT2D eigenvalue weighted by molar-refractivity contribution is 0.0690. The molecular formula is C25H25N3O2S. The van der Waals surface area contributed by atoms with Crippen molar-refractivity contribution in [3.63, 3.8) is 0 Å². The van der Waals surface area contributed by atoms with Crippen molar-refractivity contribution in [2.45, 2.75) is 31.7 Å². The molecule has 0 bridgehead atoms. The van der Waals surface area contributed by atoms with Crippen LogP contribution in [-0.2, 0) is 12.8 Å². The largest absolute Gasteiger partial charge is 0.477 e. The molecule has 0 fully saturated rings. The zero-order valence-corrected chi connectivity index (χ0v) is 18.0. The highest BCUT2D eigenvalue weighted by Crippen LogP contribution is 2.33. The maximum absolute atomic E-state index is 11.3. The van der Waals surface area contributed by atoms with Crippen LogP contribution in [0.2, 0.25) is 0 Å². The van der Waals surface area contributed by atoms with E-state index in [1.165, 1.54) is 22.8 Å². The SMILES string of the molecule is O=C(O)c1cccc(-c2ccc3c(c2)C(NC(=S)NCCc2ccccc2)CCC3)n1. The Labute approximate surface area is 187 Å². The van der Waals surface area contributed by atoms with Gasteiger partial charge in [-0.15, -0.1) is 0 Å². The van der Waals surface area contributed by atoms with E-state index in [9.17, 15) is 9.90 Å². The smallest absolute Gasteiger partial charge is 0.354 e. The van der Waals surface area contributed by atoms with Crippen molar-refractivity contribution in [3.05, 3.63) is 89.1 Å². The number of rotatable bonds is 6. The zero-order chi connectivity index (χ0) is 21.6. The number of aromatic carboxylic acids is 1. The number of carboxylic acids is 1. The lowest BCUT2D eigenvalue weighted by Gasteiger charge is -2.28. The molecule has 0 radical (unpaired) electrons. The Morgan fingerprint density at radius 3 is 2.74 bits per heavy atom. The van der Waals surface area contributed by atoms with Crippen LogP contribution in [0.25, 0.3) is 11.3 Å². The van der Waals surface area contributed by atoms with Gasteiger partial charge in [0.1, 0.15) is 5.69 Å². The highest BCUT2D eigenvalue weighted by molar-refractivity contribution is 7.80. The molecule has 158 valence electrons. The third-order valence-electron chi connectivity index (χ3n) is 5.57. The molecule has 1 aliphatic carbocycles. The maximum Gasteiger partial charge on any atom is 0.354 e. The minimum absolute atomic E-state index is 0.0497. The number of nitrogens with zero attached hydrogens (tertiary/aromatic N) is 1. The molecule has 1 atom stereocenters. The quantitative estimate of drug-likeness (QED) is 0.498. The van der Waals surface area contributed by atoms with Crippen LogP contribution in [0.15, 0.2) is 66.7 Å². The Hall–Kier alpha value is -3.25. The number of thiocarbonyl (C=S) groups is 1. The molecule has 0 aliphatic heterocycles. The predicted octanol–water partition coefficient (Wildman–Crippen LogP) is 4.53. The number of carbonyl (C=O) groups is 1. The minimum Gasteiger partial charge on any atom is -0.477 e. The van der Waals surface area contributed by atoms with E-state index in [2.05, 4.69) is 39.9 Å². The standard InChI is InChI=1S/C25H25N3O2S/c29-24(30)23-11-5-9-21(27-23)19-13-12-18-8-4-10-22(20(18)16-19)28-25(31)26-15-14-17-6-2-1-3-7-17/h1-3,5-7,9,11-13,16,22H,4,8,10,14-15H2,(H,29,30)(H2,26,28,31). The summed E-state index contributed by atoms with van der Waals surface area (Å²) in [5, 5.41) is 16.7. The molecule has 5 nitrogen and oxygen atoms in total. The van der Waals surface area contributed by atoms with Crippen LogP contribution in [0.5, 0.6) is 0 Å². The third-order valence-corrected chi connectivity index (χ3v) is 5.83. The number of carboxylic acid groups (broad SMARTS) is 1. The molecule has 3 N–H and O–H groups in total. The minimum atomic E-state index is -1.02. The molecule has 6 heteroatoms.